The fourth-order valence-electron chi connectivity index (χ4n) is 2.77. The first-order valence-electron chi connectivity index (χ1n) is 8.08. The van der Waals surface area contributed by atoms with Crippen LogP contribution >= 0.6 is 0 Å². The molecule has 0 saturated carbocycles. The molecular weight excluding hydrogens is 334 g/mol. The van der Waals surface area contributed by atoms with Gasteiger partial charge in [-0.05, 0) is 23.6 Å². The van der Waals surface area contributed by atoms with Crippen LogP contribution in [0.4, 0.5) is 0 Å². The number of carbonyl (C=O) groups excluding carboxylic acids is 2. The molecule has 2 amide bonds. The number of hydrogen-bond donors (Lipinski definition) is 1. The van der Waals surface area contributed by atoms with Gasteiger partial charge in [0, 0.05) is 17.9 Å². The van der Waals surface area contributed by atoms with Crippen molar-refractivity contribution in [3.63, 3.8) is 0 Å². The van der Waals surface area contributed by atoms with Gasteiger partial charge in [0.1, 0.15) is 12.5 Å². The third-order valence-electron chi connectivity index (χ3n) is 4.05. The van der Waals surface area contributed by atoms with Gasteiger partial charge in [-0.1, -0.05) is 29.4 Å². The molecule has 0 spiro atoms. The summed E-state index contributed by atoms with van der Waals surface area (Å²) in [6.07, 6.45) is 6.60. The van der Waals surface area contributed by atoms with Gasteiger partial charge in [0.15, 0.2) is 5.82 Å². The van der Waals surface area contributed by atoms with E-state index in [1.165, 1.54) is 6.21 Å². The zero-order chi connectivity index (χ0) is 17.9. The molecule has 8 nitrogen and oxygen atoms in total. The summed E-state index contributed by atoms with van der Waals surface area (Å²) in [6.45, 7) is 0.284. The van der Waals surface area contributed by atoms with Gasteiger partial charge in [0.25, 0.3) is 5.91 Å². The maximum atomic E-state index is 12.2. The van der Waals surface area contributed by atoms with Crippen LogP contribution in [-0.4, -0.2) is 32.7 Å². The lowest BCUT2D eigenvalue weighted by molar-refractivity contribution is -0.122. The van der Waals surface area contributed by atoms with Gasteiger partial charge in [-0.3, -0.25) is 9.59 Å². The van der Waals surface area contributed by atoms with Crippen molar-refractivity contribution in [1.29, 1.82) is 0 Å². The second-order valence-electron chi connectivity index (χ2n) is 5.80. The molecule has 1 aliphatic rings. The number of rotatable bonds is 5. The molecule has 2 aromatic heterocycles. The van der Waals surface area contributed by atoms with Gasteiger partial charge in [-0.25, -0.2) is 4.99 Å². The Bertz CT molecular complexity index is 1030. The molecule has 1 unspecified atom stereocenters. The third-order valence-corrected chi connectivity index (χ3v) is 4.05. The normalized spacial score (nSPS) is 16.3. The highest BCUT2D eigenvalue weighted by Gasteiger charge is 2.24. The van der Waals surface area contributed by atoms with Crippen LogP contribution < -0.4 is 5.32 Å². The predicted octanol–water partition coefficient (Wildman–Crippen LogP) is 1.59. The topological polar surface area (TPSA) is 102 Å². The van der Waals surface area contributed by atoms with Gasteiger partial charge >= 0.3 is 0 Å². The highest BCUT2D eigenvalue weighted by molar-refractivity contribution is 5.96. The minimum Gasteiger partial charge on any atom is -0.345 e. The van der Waals surface area contributed by atoms with Crippen molar-refractivity contribution in [2.75, 3.05) is 0 Å². The lowest BCUT2D eigenvalue weighted by atomic mass is 10.1. The van der Waals surface area contributed by atoms with E-state index in [0.29, 0.717) is 0 Å². The van der Waals surface area contributed by atoms with Crippen molar-refractivity contribution in [3.8, 4) is 0 Å². The quantitative estimate of drug-likeness (QED) is 0.753. The van der Waals surface area contributed by atoms with Crippen molar-refractivity contribution in [2.45, 2.75) is 19.0 Å². The summed E-state index contributed by atoms with van der Waals surface area (Å²) in [4.78, 5) is 31.7. The standard InChI is InChI=1S/C18H15N5O3/c24-15(11-23-9-7-12-4-1-2-6-14(12)23)20-10-16-21-17(22-26-16)13-5-3-8-19-18(13)25/h1-9,13H,10-11H2,(H,20,24). The zero-order valence-electron chi connectivity index (χ0n) is 13.7. The van der Waals surface area contributed by atoms with E-state index >= 15 is 0 Å². The number of aromatic nitrogens is 3. The van der Waals surface area contributed by atoms with E-state index in [0.717, 1.165) is 10.9 Å². The molecule has 1 N–H and O–H groups in total. The zero-order valence-corrected chi connectivity index (χ0v) is 13.7. The van der Waals surface area contributed by atoms with Crippen LogP contribution in [0.1, 0.15) is 17.6 Å². The Morgan fingerprint density at radius 3 is 3.04 bits per heavy atom. The fraction of sp³-hybridized carbons (Fsp3) is 0.167. The Balaban J connectivity index is 1.37. The average Bonchev–Trinajstić information content (AvgIpc) is 3.28. The van der Waals surface area contributed by atoms with Crippen molar-refractivity contribution in [2.24, 2.45) is 4.99 Å². The number of aliphatic imine (C=N–C) groups is 1. The van der Waals surface area contributed by atoms with Crippen LogP contribution in [0.2, 0.25) is 0 Å². The van der Waals surface area contributed by atoms with Crippen LogP contribution in [0.15, 0.2) is 58.2 Å². The minimum atomic E-state index is -0.639. The molecule has 3 aromatic rings. The second-order valence-corrected chi connectivity index (χ2v) is 5.80. The van der Waals surface area contributed by atoms with E-state index in [9.17, 15) is 9.59 Å². The van der Waals surface area contributed by atoms with Crippen LogP contribution in [0.5, 0.6) is 0 Å². The van der Waals surface area contributed by atoms with E-state index in [1.807, 2.05) is 41.1 Å². The molecule has 0 fully saturated rings. The Hall–Kier alpha value is -3.55. The summed E-state index contributed by atoms with van der Waals surface area (Å²) in [5, 5.41) is 7.62. The highest BCUT2D eigenvalue weighted by Crippen LogP contribution is 2.18. The molecule has 0 bridgehead atoms. The minimum absolute atomic E-state index is 0.0962. The molecule has 1 aromatic carbocycles. The van der Waals surface area contributed by atoms with Crippen LogP contribution in [0, 0.1) is 0 Å². The molecule has 130 valence electrons. The summed E-state index contributed by atoms with van der Waals surface area (Å²) in [5.41, 5.74) is 0.992. The van der Waals surface area contributed by atoms with Crippen molar-refractivity contribution in [1.82, 2.24) is 20.0 Å². The maximum Gasteiger partial charge on any atom is 0.260 e. The number of dihydropyridines is 1. The summed E-state index contributed by atoms with van der Waals surface area (Å²) < 4.78 is 6.97. The molecule has 1 atom stereocenters. The summed E-state index contributed by atoms with van der Waals surface area (Å²) in [5.74, 6) is -0.683. The number of hydrogen-bond acceptors (Lipinski definition) is 5. The van der Waals surface area contributed by atoms with Crippen LogP contribution in [0.3, 0.4) is 0 Å². The molecule has 0 saturated heterocycles. The number of benzene rings is 1. The molecule has 8 heteroatoms. The Kier molecular flexibility index (Phi) is 4.14. The van der Waals surface area contributed by atoms with Crippen molar-refractivity contribution < 1.29 is 14.1 Å². The monoisotopic (exact) mass is 349 g/mol. The number of para-hydroxylation sites is 1. The van der Waals surface area contributed by atoms with Gasteiger partial charge in [0.05, 0.1) is 6.54 Å². The van der Waals surface area contributed by atoms with Gasteiger partial charge in [-0.2, -0.15) is 4.98 Å². The first-order chi connectivity index (χ1) is 12.7. The highest BCUT2D eigenvalue weighted by atomic mass is 16.5. The predicted molar refractivity (Wildman–Crippen MR) is 93.5 cm³/mol. The molecule has 0 radical (unpaired) electrons. The van der Waals surface area contributed by atoms with E-state index in [4.69, 9.17) is 4.52 Å². The Morgan fingerprint density at radius 2 is 2.15 bits per heavy atom. The van der Waals surface area contributed by atoms with Gasteiger partial charge < -0.3 is 14.4 Å². The molecule has 3 heterocycles. The van der Waals surface area contributed by atoms with Crippen LogP contribution in [0.25, 0.3) is 10.9 Å². The average molecular weight is 349 g/mol. The number of amides is 2. The number of allylic oxidation sites excluding steroid dienone is 1. The first-order valence-corrected chi connectivity index (χ1v) is 8.08. The van der Waals surface area contributed by atoms with E-state index in [-0.39, 0.29) is 36.6 Å². The maximum absolute atomic E-state index is 12.2. The van der Waals surface area contributed by atoms with E-state index in [1.54, 1.807) is 12.2 Å². The third kappa shape index (κ3) is 3.16. The Labute approximate surface area is 148 Å². The summed E-state index contributed by atoms with van der Waals surface area (Å²) >= 11 is 0. The smallest absolute Gasteiger partial charge is 0.260 e. The fourth-order valence-corrected chi connectivity index (χ4v) is 2.77. The van der Waals surface area contributed by atoms with Gasteiger partial charge in [-0.15, -0.1) is 0 Å². The van der Waals surface area contributed by atoms with E-state index in [2.05, 4.69) is 20.4 Å². The molecular formula is C18H15N5O3. The molecule has 0 aliphatic carbocycles. The largest absolute Gasteiger partial charge is 0.345 e. The SMILES string of the molecule is O=C(Cn1ccc2ccccc21)NCc1nc(C2C=CC=NC2=O)no1. The Morgan fingerprint density at radius 1 is 1.27 bits per heavy atom. The summed E-state index contributed by atoms with van der Waals surface area (Å²) in [6, 6.07) is 9.81. The number of fused-ring (bicyclic) bond motifs is 1. The molecule has 4 rings (SSSR count). The van der Waals surface area contributed by atoms with E-state index < -0.39 is 5.92 Å². The van der Waals surface area contributed by atoms with Crippen molar-refractivity contribution >= 4 is 28.9 Å². The second kappa shape index (κ2) is 6.75. The van der Waals surface area contributed by atoms with Gasteiger partial charge in [0.2, 0.25) is 11.8 Å². The van der Waals surface area contributed by atoms with Crippen molar-refractivity contribution in [3.05, 3.63) is 60.4 Å². The molecule has 1 aliphatic heterocycles. The number of nitrogens with one attached hydrogen (secondary N) is 1. The number of carbonyl (C=O) groups is 2. The summed E-state index contributed by atoms with van der Waals surface area (Å²) in [7, 11) is 0. The van der Waals surface area contributed by atoms with Crippen LogP contribution in [-0.2, 0) is 22.7 Å². The number of nitrogens with zero attached hydrogens (tertiary/aromatic N) is 4. The lowest BCUT2D eigenvalue weighted by Gasteiger charge is -2.06. The first kappa shape index (κ1) is 15.9. The molecule has 26 heavy (non-hydrogen) atoms. The lowest BCUT2D eigenvalue weighted by Crippen LogP contribution is -2.27.